The molecule has 25 heavy (non-hydrogen) atoms. The zero-order valence-electron chi connectivity index (χ0n) is 16.4. The van der Waals surface area contributed by atoms with Gasteiger partial charge < -0.3 is 9.16 Å². The van der Waals surface area contributed by atoms with Gasteiger partial charge in [0.05, 0.1) is 6.10 Å². The molecule has 2 nitrogen and oxygen atoms in total. The summed E-state index contributed by atoms with van der Waals surface area (Å²) in [6.07, 6.45) is 6.82. The molecule has 1 heterocycles. The summed E-state index contributed by atoms with van der Waals surface area (Å²) in [5.41, 5.74) is 0.966. The van der Waals surface area contributed by atoms with Crippen LogP contribution in [0.25, 0.3) is 0 Å². The van der Waals surface area contributed by atoms with Gasteiger partial charge in [0.25, 0.3) is 0 Å². The van der Waals surface area contributed by atoms with Crippen molar-refractivity contribution in [2.24, 2.45) is 0 Å². The van der Waals surface area contributed by atoms with Crippen molar-refractivity contribution >= 4 is 8.32 Å². The number of unbranched alkanes of at least 4 members (excludes halogenated alkanes) is 1. The van der Waals surface area contributed by atoms with E-state index >= 15 is 0 Å². The van der Waals surface area contributed by atoms with E-state index in [0.29, 0.717) is 0 Å². The molecule has 2 rings (SSSR count). The molecule has 0 amide bonds. The zero-order valence-corrected chi connectivity index (χ0v) is 17.4. The molecule has 0 aromatic heterocycles. The molecule has 1 aromatic rings. The first-order chi connectivity index (χ1) is 11.6. The van der Waals surface area contributed by atoms with Crippen molar-refractivity contribution in [2.75, 3.05) is 0 Å². The Labute approximate surface area is 153 Å². The fourth-order valence-electron chi connectivity index (χ4n) is 2.98. The molecule has 0 radical (unpaired) electrons. The van der Waals surface area contributed by atoms with E-state index in [0.717, 1.165) is 43.4 Å². The summed E-state index contributed by atoms with van der Waals surface area (Å²) in [5.74, 6) is 0.617. The van der Waals surface area contributed by atoms with Crippen LogP contribution in [0, 0.1) is 5.82 Å². The number of benzene rings is 1. The molecule has 0 aliphatic carbocycles. The lowest BCUT2D eigenvalue weighted by molar-refractivity contribution is 0.0257. The highest BCUT2D eigenvalue weighted by molar-refractivity contribution is 6.74. The lowest BCUT2D eigenvalue weighted by Gasteiger charge is -2.42. The highest BCUT2D eigenvalue weighted by Crippen LogP contribution is 2.39. The van der Waals surface area contributed by atoms with Gasteiger partial charge in [-0.05, 0) is 74.0 Å². The molecule has 2 atom stereocenters. The average Bonchev–Trinajstić information content (AvgIpc) is 2.52. The summed E-state index contributed by atoms with van der Waals surface area (Å²) in [6.45, 7) is 15.2. The first-order valence-corrected chi connectivity index (χ1v) is 12.3. The Balaban J connectivity index is 2.15. The number of aryl methyl sites for hydroxylation is 1. The highest BCUT2D eigenvalue weighted by Gasteiger charge is 2.41. The Hall–Kier alpha value is -1.13. The summed E-state index contributed by atoms with van der Waals surface area (Å²) >= 11 is 0. The largest absolute Gasteiger partial charge is 0.487 e. The predicted octanol–water partition coefficient (Wildman–Crippen LogP) is 6.27. The van der Waals surface area contributed by atoms with Gasteiger partial charge in [-0.25, -0.2) is 4.39 Å². The summed E-state index contributed by atoms with van der Waals surface area (Å²) in [5, 5.41) is 0.166. The second-order valence-corrected chi connectivity index (χ2v) is 13.3. The Morgan fingerprint density at radius 3 is 2.76 bits per heavy atom. The molecule has 0 fully saturated rings. The number of fused-ring (bicyclic) bond motifs is 1. The molecule has 0 saturated heterocycles. The summed E-state index contributed by atoms with van der Waals surface area (Å²) in [6, 6.07) is 4.82. The number of allylic oxidation sites excluding steroid dienone is 1. The van der Waals surface area contributed by atoms with E-state index < -0.39 is 8.32 Å². The van der Waals surface area contributed by atoms with Crippen molar-refractivity contribution in [1.29, 1.82) is 0 Å². The van der Waals surface area contributed by atoms with Gasteiger partial charge in [0.2, 0.25) is 0 Å². The van der Waals surface area contributed by atoms with Gasteiger partial charge >= 0.3 is 0 Å². The van der Waals surface area contributed by atoms with E-state index in [9.17, 15) is 4.39 Å². The lowest BCUT2D eigenvalue weighted by Crippen LogP contribution is -2.49. The zero-order chi connectivity index (χ0) is 18.7. The van der Waals surface area contributed by atoms with Crippen LogP contribution >= 0.6 is 0 Å². The van der Waals surface area contributed by atoms with Crippen LogP contribution in [0.2, 0.25) is 18.1 Å². The second-order valence-electron chi connectivity index (χ2n) is 8.58. The van der Waals surface area contributed by atoms with Gasteiger partial charge in [-0.3, -0.25) is 0 Å². The van der Waals surface area contributed by atoms with Gasteiger partial charge in [-0.2, -0.15) is 0 Å². The third kappa shape index (κ3) is 5.17. The highest BCUT2D eigenvalue weighted by atomic mass is 28.4. The van der Waals surface area contributed by atoms with E-state index in [1.54, 1.807) is 12.1 Å². The van der Waals surface area contributed by atoms with Crippen LogP contribution in [0.5, 0.6) is 5.75 Å². The molecule has 0 saturated carbocycles. The maximum Gasteiger partial charge on any atom is 0.192 e. The van der Waals surface area contributed by atoms with Crippen molar-refractivity contribution in [1.82, 2.24) is 0 Å². The monoisotopic (exact) mass is 364 g/mol. The minimum absolute atomic E-state index is 0.0388. The van der Waals surface area contributed by atoms with E-state index in [-0.39, 0.29) is 23.1 Å². The van der Waals surface area contributed by atoms with Crippen molar-refractivity contribution < 1.29 is 13.6 Å². The Kier molecular flexibility index (Phi) is 6.49. The van der Waals surface area contributed by atoms with Gasteiger partial charge in [0, 0.05) is 0 Å². The Bertz CT molecular complexity index is 592. The van der Waals surface area contributed by atoms with Crippen molar-refractivity contribution in [3.63, 3.8) is 0 Å². The van der Waals surface area contributed by atoms with Crippen LogP contribution in [0.1, 0.15) is 52.0 Å². The number of halogens is 1. The first-order valence-electron chi connectivity index (χ1n) is 9.38. The van der Waals surface area contributed by atoms with Crippen molar-refractivity contribution in [3.8, 4) is 5.75 Å². The van der Waals surface area contributed by atoms with Crippen LogP contribution in [0.4, 0.5) is 4.39 Å². The van der Waals surface area contributed by atoms with E-state index in [1.807, 2.05) is 6.08 Å². The van der Waals surface area contributed by atoms with E-state index in [1.165, 1.54) is 6.07 Å². The third-order valence-corrected chi connectivity index (χ3v) is 10.1. The molecule has 4 heteroatoms. The maximum absolute atomic E-state index is 13.4. The molecule has 140 valence electrons. The molecule has 0 unspecified atom stereocenters. The van der Waals surface area contributed by atoms with Crippen molar-refractivity contribution in [3.05, 3.63) is 42.2 Å². The van der Waals surface area contributed by atoms with Crippen LogP contribution in [-0.4, -0.2) is 20.5 Å². The quantitative estimate of drug-likeness (QED) is 0.323. The molecular weight excluding hydrogens is 331 g/mol. The summed E-state index contributed by atoms with van der Waals surface area (Å²) in [7, 11) is -1.88. The number of rotatable bonds is 7. The minimum Gasteiger partial charge on any atom is -0.487 e. The molecular formula is C21H33FO2Si. The fraction of sp³-hybridized carbons (Fsp3) is 0.619. The average molecular weight is 365 g/mol. The minimum atomic E-state index is -1.88. The Morgan fingerprint density at radius 2 is 2.12 bits per heavy atom. The van der Waals surface area contributed by atoms with Gasteiger partial charge in [0.15, 0.2) is 8.32 Å². The molecule has 1 aliphatic heterocycles. The van der Waals surface area contributed by atoms with Gasteiger partial charge in [0.1, 0.15) is 17.7 Å². The maximum atomic E-state index is 13.4. The third-order valence-electron chi connectivity index (χ3n) is 5.56. The van der Waals surface area contributed by atoms with Crippen molar-refractivity contribution in [2.45, 2.75) is 83.2 Å². The SMILES string of the molecule is C=CCCC[C@@H](O[Si](C)(C)C(C)(C)C)[C@@H]1CCc2cc(F)ccc2O1. The number of hydrogen-bond acceptors (Lipinski definition) is 2. The first kappa shape index (κ1) is 20.2. The molecule has 1 aromatic carbocycles. The molecule has 0 bridgehead atoms. The predicted molar refractivity (Wildman–Crippen MR) is 105 cm³/mol. The lowest BCUT2D eigenvalue weighted by atomic mass is 9.96. The molecule has 0 spiro atoms. The van der Waals surface area contributed by atoms with E-state index in [2.05, 4.69) is 40.4 Å². The van der Waals surface area contributed by atoms with Gasteiger partial charge in [-0.15, -0.1) is 6.58 Å². The van der Waals surface area contributed by atoms with E-state index in [4.69, 9.17) is 9.16 Å². The molecule has 1 aliphatic rings. The van der Waals surface area contributed by atoms with Crippen LogP contribution in [0.3, 0.4) is 0 Å². The standard InChI is InChI=1S/C21H33FO2Si/c1-7-8-9-10-20(24-25(5,6)21(2,3)4)19-13-11-16-15-17(22)12-14-18(16)23-19/h7,12,14-15,19-20H,1,8-11,13H2,2-6H3/t19-,20+/m0/s1. The van der Waals surface area contributed by atoms with Crippen LogP contribution < -0.4 is 4.74 Å². The molecule has 0 N–H and O–H groups in total. The fourth-order valence-corrected chi connectivity index (χ4v) is 4.36. The summed E-state index contributed by atoms with van der Waals surface area (Å²) < 4.78 is 26.4. The number of ether oxygens (including phenoxy) is 1. The topological polar surface area (TPSA) is 18.5 Å². The normalized spacial score (nSPS) is 19.0. The smallest absolute Gasteiger partial charge is 0.192 e. The Morgan fingerprint density at radius 1 is 1.40 bits per heavy atom. The van der Waals surface area contributed by atoms with Gasteiger partial charge in [-0.1, -0.05) is 26.8 Å². The number of hydrogen-bond donors (Lipinski definition) is 0. The van der Waals surface area contributed by atoms with Crippen LogP contribution in [0.15, 0.2) is 30.9 Å². The van der Waals surface area contributed by atoms with Crippen LogP contribution in [-0.2, 0) is 10.8 Å². The second kappa shape index (κ2) is 8.04. The summed E-state index contributed by atoms with van der Waals surface area (Å²) in [4.78, 5) is 0.